The van der Waals surface area contributed by atoms with Crippen LogP contribution in [0.2, 0.25) is 0 Å². The topological polar surface area (TPSA) is 95.2 Å². The molecule has 0 radical (unpaired) electrons. The number of aliphatic hydroxyl groups excluding tert-OH is 1. The SMILES string of the molecule is COc1ccccc1[C@H]1N=C(N2CCN(CCO)CC2)Nc2nc(C)cc(=O)n21. The molecule has 2 N–H and O–H groups in total. The minimum atomic E-state index is -0.562. The number of hydrogen-bond donors (Lipinski definition) is 2. The Morgan fingerprint density at radius 3 is 2.72 bits per heavy atom. The molecule has 0 aliphatic carbocycles. The number of aromatic nitrogens is 2. The summed E-state index contributed by atoms with van der Waals surface area (Å²) in [4.78, 5) is 26.6. The van der Waals surface area contributed by atoms with Gasteiger partial charge in [0.25, 0.3) is 5.56 Å². The van der Waals surface area contributed by atoms with E-state index in [1.807, 2.05) is 24.3 Å². The van der Waals surface area contributed by atoms with Gasteiger partial charge in [-0.3, -0.25) is 19.6 Å². The summed E-state index contributed by atoms with van der Waals surface area (Å²) in [6.45, 7) is 5.89. The molecule has 4 rings (SSSR count). The van der Waals surface area contributed by atoms with E-state index in [0.717, 1.165) is 31.7 Å². The fourth-order valence-electron chi connectivity index (χ4n) is 3.81. The molecule has 1 saturated heterocycles. The van der Waals surface area contributed by atoms with Gasteiger partial charge in [-0.1, -0.05) is 18.2 Å². The molecule has 1 aromatic carbocycles. The molecular weight excluding hydrogens is 372 g/mol. The summed E-state index contributed by atoms with van der Waals surface area (Å²) < 4.78 is 7.10. The summed E-state index contributed by atoms with van der Waals surface area (Å²) in [6, 6.07) is 9.11. The van der Waals surface area contributed by atoms with Gasteiger partial charge in [-0.2, -0.15) is 0 Å². The maximum absolute atomic E-state index is 12.8. The lowest BCUT2D eigenvalue weighted by atomic mass is 10.1. The Balaban J connectivity index is 1.73. The average Bonchev–Trinajstić information content (AvgIpc) is 2.73. The van der Waals surface area contributed by atoms with Crippen molar-refractivity contribution in [2.24, 2.45) is 4.99 Å². The van der Waals surface area contributed by atoms with Gasteiger partial charge in [0.15, 0.2) is 6.17 Å². The first-order valence-electron chi connectivity index (χ1n) is 9.77. The number of benzene rings is 1. The zero-order valence-corrected chi connectivity index (χ0v) is 16.7. The van der Waals surface area contributed by atoms with Crippen LogP contribution >= 0.6 is 0 Å². The molecule has 29 heavy (non-hydrogen) atoms. The van der Waals surface area contributed by atoms with Crippen LogP contribution in [0, 0.1) is 6.92 Å². The number of β-amino-alcohol motifs (C(OH)–C–C–N with tert-alkyl or cyclic N) is 1. The third-order valence-corrected chi connectivity index (χ3v) is 5.30. The van der Waals surface area contributed by atoms with Crippen molar-refractivity contribution in [3.05, 3.63) is 51.9 Å². The van der Waals surface area contributed by atoms with Crippen LogP contribution in [0.4, 0.5) is 5.95 Å². The number of hydrogen-bond acceptors (Lipinski definition) is 8. The van der Waals surface area contributed by atoms with Crippen LogP contribution in [0.25, 0.3) is 0 Å². The number of guanidine groups is 1. The van der Waals surface area contributed by atoms with Crippen molar-refractivity contribution in [1.82, 2.24) is 19.4 Å². The van der Waals surface area contributed by atoms with Gasteiger partial charge in [-0.15, -0.1) is 0 Å². The van der Waals surface area contributed by atoms with Gasteiger partial charge >= 0.3 is 0 Å². The molecule has 2 aliphatic heterocycles. The quantitative estimate of drug-likeness (QED) is 0.774. The van der Waals surface area contributed by atoms with E-state index in [9.17, 15) is 4.79 Å². The van der Waals surface area contributed by atoms with Crippen molar-refractivity contribution in [2.75, 3.05) is 51.8 Å². The monoisotopic (exact) mass is 398 g/mol. The summed E-state index contributed by atoms with van der Waals surface area (Å²) in [6.07, 6.45) is -0.562. The smallest absolute Gasteiger partial charge is 0.257 e. The summed E-state index contributed by atoms with van der Waals surface area (Å²) in [5.74, 6) is 1.85. The number of aliphatic imine (C=N–C) groups is 1. The maximum atomic E-state index is 12.8. The zero-order chi connectivity index (χ0) is 20.4. The van der Waals surface area contributed by atoms with Crippen molar-refractivity contribution >= 4 is 11.9 Å². The number of aryl methyl sites for hydroxylation is 1. The molecule has 1 fully saturated rings. The van der Waals surface area contributed by atoms with E-state index in [1.165, 1.54) is 6.07 Å². The third-order valence-electron chi connectivity index (χ3n) is 5.30. The number of anilines is 1. The molecule has 2 aliphatic rings. The van der Waals surface area contributed by atoms with Crippen LogP contribution < -0.4 is 15.6 Å². The molecule has 9 heteroatoms. The Labute approximate surface area is 169 Å². The molecule has 0 amide bonds. The Kier molecular flexibility index (Phi) is 5.50. The Morgan fingerprint density at radius 2 is 2.00 bits per heavy atom. The fourth-order valence-corrected chi connectivity index (χ4v) is 3.81. The van der Waals surface area contributed by atoms with E-state index < -0.39 is 6.17 Å². The van der Waals surface area contributed by atoms with E-state index in [4.69, 9.17) is 14.8 Å². The predicted molar refractivity (Wildman–Crippen MR) is 111 cm³/mol. The highest BCUT2D eigenvalue weighted by molar-refractivity contribution is 5.93. The molecule has 154 valence electrons. The van der Waals surface area contributed by atoms with Crippen molar-refractivity contribution in [2.45, 2.75) is 13.1 Å². The second-order valence-corrected chi connectivity index (χ2v) is 7.17. The number of ether oxygens (including phenoxy) is 1. The molecule has 9 nitrogen and oxygen atoms in total. The largest absolute Gasteiger partial charge is 0.496 e. The number of para-hydroxylation sites is 1. The second-order valence-electron chi connectivity index (χ2n) is 7.17. The van der Waals surface area contributed by atoms with Gasteiger partial charge in [0.05, 0.1) is 13.7 Å². The van der Waals surface area contributed by atoms with Gasteiger partial charge in [0.2, 0.25) is 11.9 Å². The van der Waals surface area contributed by atoms with Gasteiger partial charge < -0.3 is 14.7 Å². The lowest BCUT2D eigenvalue weighted by molar-refractivity contribution is 0.146. The fraction of sp³-hybridized carbons (Fsp3) is 0.450. The van der Waals surface area contributed by atoms with Gasteiger partial charge in [-0.05, 0) is 13.0 Å². The van der Waals surface area contributed by atoms with Gasteiger partial charge in [-0.25, -0.2) is 9.98 Å². The number of fused-ring (bicyclic) bond motifs is 1. The molecule has 0 saturated carbocycles. The summed E-state index contributed by atoms with van der Waals surface area (Å²) in [5, 5.41) is 12.4. The Hall–Kier alpha value is -2.91. The minimum Gasteiger partial charge on any atom is -0.496 e. The first-order valence-corrected chi connectivity index (χ1v) is 9.77. The highest BCUT2D eigenvalue weighted by Gasteiger charge is 2.30. The van der Waals surface area contributed by atoms with Crippen molar-refractivity contribution in [1.29, 1.82) is 0 Å². The number of nitrogens with zero attached hydrogens (tertiary/aromatic N) is 5. The number of nitrogens with one attached hydrogen (secondary N) is 1. The molecular formula is C20H26N6O3. The first kappa shape index (κ1) is 19.4. The maximum Gasteiger partial charge on any atom is 0.257 e. The first-order chi connectivity index (χ1) is 14.1. The molecule has 3 heterocycles. The molecule has 1 aromatic heterocycles. The van der Waals surface area contributed by atoms with E-state index >= 15 is 0 Å². The summed E-state index contributed by atoms with van der Waals surface area (Å²) in [5.41, 5.74) is 1.30. The molecule has 2 aromatic rings. The molecule has 0 unspecified atom stereocenters. The number of aliphatic hydroxyl groups is 1. The van der Waals surface area contributed by atoms with E-state index in [0.29, 0.717) is 29.9 Å². The minimum absolute atomic E-state index is 0.161. The van der Waals surface area contributed by atoms with Crippen molar-refractivity contribution < 1.29 is 9.84 Å². The lowest BCUT2D eigenvalue weighted by Gasteiger charge is -2.38. The van der Waals surface area contributed by atoms with Crippen LogP contribution in [0.1, 0.15) is 17.4 Å². The van der Waals surface area contributed by atoms with Crippen LogP contribution in [-0.2, 0) is 0 Å². The molecule has 0 bridgehead atoms. The van der Waals surface area contributed by atoms with Gasteiger partial charge in [0.1, 0.15) is 5.75 Å². The predicted octanol–water partition coefficient (Wildman–Crippen LogP) is 0.499. The Morgan fingerprint density at radius 1 is 1.24 bits per heavy atom. The Bertz CT molecular complexity index is 965. The van der Waals surface area contributed by atoms with Crippen LogP contribution in [0.5, 0.6) is 5.75 Å². The van der Waals surface area contributed by atoms with Crippen LogP contribution in [0.3, 0.4) is 0 Å². The zero-order valence-electron chi connectivity index (χ0n) is 16.7. The van der Waals surface area contributed by atoms with Crippen LogP contribution in [-0.4, -0.2) is 76.9 Å². The average molecular weight is 398 g/mol. The van der Waals surface area contributed by atoms with E-state index in [2.05, 4.69) is 20.1 Å². The van der Waals surface area contributed by atoms with Gasteiger partial charge in [0, 0.05) is 50.0 Å². The van der Waals surface area contributed by atoms with Crippen molar-refractivity contribution in [3.8, 4) is 5.75 Å². The highest BCUT2D eigenvalue weighted by Crippen LogP contribution is 2.32. The summed E-state index contributed by atoms with van der Waals surface area (Å²) in [7, 11) is 1.61. The lowest BCUT2D eigenvalue weighted by Crippen LogP contribution is -2.52. The van der Waals surface area contributed by atoms with Crippen molar-refractivity contribution in [3.63, 3.8) is 0 Å². The third kappa shape index (κ3) is 3.83. The molecule has 1 atom stereocenters. The molecule has 0 spiro atoms. The summed E-state index contributed by atoms with van der Waals surface area (Å²) >= 11 is 0. The number of methoxy groups -OCH3 is 1. The normalized spacial score (nSPS) is 19.3. The van der Waals surface area contributed by atoms with E-state index in [1.54, 1.807) is 18.6 Å². The number of rotatable bonds is 4. The van der Waals surface area contributed by atoms with Crippen LogP contribution in [0.15, 0.2) is 40.1 Å². The standard InChI is InChI=1S/C20H26N6O3/c1-14-13-17(28)26-18(15-5-3-4-6-16(15)29-2)22-19(23-20(26)21-14)25-9-7-24(8-10-25)11-12-27/h3-6,13,18,27H,7-12H2,1-2H3,(H,21,22,23)/t18-/m0/s1. The number of piperazine rings is 1. The second kappa shape index (κ2) is 8.22. The van der Waals surface area contributed by atoms with E-state index in [-0.39, 0.29) is 12.2 Å². The highest BCUT2D eigenvalue weighted by atomic mass is 16.5.